The molecule has 0 spiro atoms. The average Bonchev–Trinajstić information content (AvgIpc) is 3.22. The van der Waals surface area contributed by atoms with E-state index in [1.54, 1.807) is 36.4 Å². The fourth-order valence-electron chi connectivity index (χ4n) is 5.50. The first-order valence-corrected chi connectivity index (χ1v) is 15.9. The molecular weight excluding hydrogens is 584 g/mol. The van der Waals surface area contributed by atoms with E-state index < -0.39 is 22.7 Å². The molecule has 2 aromatic carbocycles. The van der Waals surface area contributed by atoms with E-state index >= 15 is 0 Å². The Bertz CT molecular complexity index is 1190. The van der Waals surface area contributed by atoms with Gasteiger partial charge in [-0.2, -0.15) is 0 Å². The zero-order valence-electron chi connectivity index (χ0n) is 24.2. The van der Waals surface area contributed by atoms with Crippen LogP contribution in [0.1, 0.15) is 114 Å². The highest BCUT2D eigenvalue weighted by molar-refractivity contribution is 9.10. The SMILES string of the molecule is CCCCCCCCCCCCCCCCN1C(=O)C(=O)C(=C(O)c2cccc(Br)c2)C1c1ccc([N+](=O)[O-])cc1. The summed E-state index contributed by atoms with van der Waals surface area (Å²) in [4.78, 5) is 38.6. The van der Waals surface area contributed by atoms with Crippen molar-refractivity contribution in [1.29, 1.82) is 0 Å². The molecule has 41 heavy (non-hydrogen) atoms. The number of nitro benzene ring substituents is 1. The number of benzene rings is 2. The maximum absolute atomic E-state index is 13.2. The van der Waals surface area contributed by atoms with Gasteiger partial charge in [-0.1, -0.05) is 118 Å². The molecule has 1 amide bonds. The number of hydrogen-bond acceptors (Lipinski definition) is 5. The van der Waals surface area contributed by atoms with E-state index in [0.29, 0.717) is 17.7 Å². The summed E-state index contributed by atoms with van der Waals surface area (Å²) in [5.41, 5.74) is 0.898. The maximum Gasteiger partial charge on any atom is 0.295 e. The van der Waals surface area contributed by atoms with Crippen molar-refractivity contribution in [3.63, 3.8) is 0 Å². The minimum atomic E-state index is -0.809. The third-order valence-electron chi connectivity index (χ3n) is 7.81. The van der Waals surface area contributed by atoms with Gasteiger partial charge in [-0.15, -0.1) is 0 Å². The summed E-state index contributed by atoms with van der Waals surface area (Å²) in [7, 11) is 0. The maximum atomic E-state index is 13.2. The monoisotopic (exact) mass is 626 g/mol. The summed E-state index contributed by atoms with van der Waals surface area (Å²) in [5.74, 6) is -1.65. The number of halogens is 1. The van der Waals surface area contributed by atoms with Gasteiger partial charge < -0.3 is 10.0 Å². The number of likely N-dealkylation sites (tertiary alicyclic amines) is 1. The lowest BCUT2D eigenvalue weighted by Crippen LogP contribution is -2.30. The fraction of sp³-hybridized carbons (Fsp3) is 0.515. The highest BCUT2D eigenvalue weighted by atomic mass is 79.9. The fourth-order valence-corrected chi connectivity index (χ4v) is 5.90. The molecule has 1 N–H and O–H groups in total. The predicted octanol–water partition coefficient (Wildman–Crippen LogP) is 9.26. The number of Topliss-reactive ketones (excluding diaryl/α,β-unsaturated/α-hetero) is 1. The van der Waals surface area contributed by atoms with Crippen LogP contribution in [0, 0.1) is 10.1 Å². The minimum absolute atomic E-state index is 0.00677. The Hall–Kier alpha value is -3.00. The zero-order valence-corrected chi connectivity index (χ0v) is 25.7. The molecule has 7 nitrogen and oxygen atoms in total. The molecule has 0 radical (unpaired) electrons. The van der Waals surface area contributed by atoms with Crippen LogP contribution in [0.4, 0.5) is 5.69 Å². The Morgan fingerprint density at radius 3 is 1.90 bits per heavy atom. The zero-order chi connectivity index (χ0) is 29.6. The molecule has 1 saturated heterocycles. The summed E-state index contributed by atoms with van der Waals surface area (Å²) in [6.45, 7) is 2.62. The lowest BCUT2D eigenvalue weighted by atomic mass is 9.95. The summed E-state index contributed by atoms with van der Waals surface area (Å²) in [6, 6.07) is 11.9. The molecule has 1 heterocycles. The van der Waals surface area contributed by atoms with E-state index in [1.165, 1.54) is 81.2 Å². The van der Waals surface area contributed by atoms with Crippen LogP contribution < -0.4 is 0 Å². The van der Waals surface area contributed by atoms with Gasteiger partial charge in [0, 0.05) is 28.7 Å². The molecule has 1 fully saturated rings. The second-order valence-electron chi connectivity index (χ2n) is 10.9. The van der Waals surface area contributed by atoms with Crippen molar-refractivity contribution in [3.8, 4) is 0 Å². The van der Waals surface area contributed by atoms with Crippen molar-refractivity contribution in [2.75, 3.05) is 6.54 Å². The molecule has 1 aliphatic heterocycles. The van der Waals surface area contributed by atoms with E-state index in [-0.39, 0.29) is 17.0 Å². The van der Waals surface area contributed by atoms with Gasteiger partial charge in [0.15, 0.2) is 0 Å². The summed E-state index contributed by atoms with van der Waals surface area (Å²) < 4.78 is 0.727. The average molecular weight is 628 g/mol. The van der Waals surface area contributed by atoms with Crippen molar-refractivity contribution in [2.24, 2.45) is 0 Å². The van der Waals surface area contributed by atoms with Crippen LogP contribution in [0.3, 0.4) is 0 Å². The van der Waals surface area contributed by atoms with E-state index in [4.69, 9.17) is 0 Å². The van der Waals surface area contributed by atoms with Crippen molar-refractivity contribution < 1.29 is 19.6 Å². The molecular formula is C33H43BrN2O5. The number of unbranched alkanes of at least 4 members (excludes halogenated alkanes) is 13. The lowest BCUT2D eigenvalue weighted by Gasteiger charge is -2.25. The number of amides is 1. The number of nitro groups is 1. The van der Waals surface area contributed by atoms with Crippen LogP contribution in [-0.2, 0) is 9.59 Å². The number of hydrogen-bond donors (Lipinski definition) is 1. The molecule has 1 aliphatic rings. The predicted molar refractivity (Wildman–Crippen MR) is 167 cm³/mol. The number of aliphatic hydroxyl groups is 1. The smallest absolute Gasteiger partial charge is 0.295 e. The van der Waals surface area contributed by atoms with E-state index in [9.17, 15) is 24.8 Å². The van der Waals surface area contributed by atoms with E-state index in [1.807, 2.05) is 0 Å². The van der Waals surface area contributed by atoms with Gasteiger partial charge >= 0.3 is 0 Å². The molecule has 0 saturated carbocycles. The number of ketones is 1. The Kier molecular flexibility index (Phi) is 13.5. The number of carbonyl (C=O) groups excluding carboxylic acids is 2. The Labute approximate surface area is 252 Å². The molecule has 1 unspecified atom stereocenters. The molecule has 222 valence electrons. The number of nitrogens with zero attached hydrogens (tertiary/aromatic N) is 2. The van der Waals surface area contributed by atoms with E-state index in [2.05, 4.69) is 22.9 Å². The van der Waals surface area contributed by atoms with Crippen LogP contribution in [0.25, 0.3) is 5.76 Å². The van der Waals surface area contributed by atoms with Crippen LogP contribution in [0.5, 0.6) is 0 Å². The molecule has 2 aromatic rings. The van der Waals surface area contributed by atoms with Crippen LogP contribution in [0.2, 0.25) is 0 Å². The first kappa shape index (κ1) is 32.5. The molecule has 1 atom stereocenters. The Morgan fingerprint density at radius 2 is 1.39 bits per heavy atom. The Morgan fingerprint density at radius 1 is 0.854 bits per heavy atom. The van der Waals surface area contributed by atoms with Gasteiger partial charge in [0.05, 0.1) is 16.5 Å². The Balaban J connectivity index is 1.58. The van der Waals surface area contributed by atoms with Crippen molar-refractivity contribution in [1.82, 2.24) is 4.90 Å². The van der Waals surface area contributed by atoms with Gasteiger partial charge in [-0.25, -0.2) is 0 Å². The van der Waals surface area contributed by atoms with Gasteiger partial charge in [-0.3, -0.25) is 19.7 Å². The highest BCUT2D eigenvalue weighted by Gasteiger charge is 2.45. The lowest BCUT2D eigenvalue weighted by molar-refractivity contribution is -0.384. The molecule has 8 heteroatoms. The number of carbonyl (C=O) groups is 2. The third-order valence-corrected chi connectivity index (χ3v) is 8.30. The highest BCUT2D eigenvalue weighted by Crippen LogP contribution is 2.40. The number of aliphatic hydroxyl groups excluding tert-OH is 1. The summed E-state index contributed by atoms with van der Waals surface area (Å²) in [5, 5.41) is 22.4. The first-order valence-electron chi connectivity index (χ1n) is 15.1. The number of non-ortho nitro benzene ring substituents is 1. The van der Waals surface area contributed by atoms with Gasteiger partial charge in [0.1, 0.15) is 5.76 Å². The van der Waals surface area contributed by atoms with Crippen molar-refractivity contribution in [2.45, 2.75) is 103 Å². The second-order valence-corrected chi connectivity index (χ2v) is 11.9. The topological polar surface area (TPSA) is 101 Å². The quantitative estimate of drug-likeness (QED) is 0.0443. The first-order chi connectivity index (χ1) is 19.8. The summed E-state index contributed by atoms with van der Waals surface area (Å²) in [6.07, 6.45) is 17.1. The van der Waals surface area contributed by atoms with Crippen molar-refractivity contribution >= 4 is 39.1 Å². The second kappa shape index (κ2) is 17.1. The summed E-state index contributed by atoms with van der Waals surface area (Å²) >= 11 is 3.39. The molecule has 0 bridgehead atoms. The minimum Gasteiger partial charge on any atom is -0.507 e. The van der Waals surface area contributed by atoms with Gasteiger partial charge in [0.2, 0.25) is 0 Å². The van der Waals surface area contributed by atoms with Crippen molar-refractivity contribution in [3.05, 3.63) is 79.8 Å². The van der Waals surface area contributed by atoms with Crippen LogP contribution >= 0.6 is 15.9 Å². The third kappa shape index (κ3) is 9.52. The standard InChI is InChI=1S/C33H43BrN2O5/c1-2-3-4-5-6-7-8-9-10-11-12-13-14-15-23-35-30(25-19-21-28(22-20-25)36(40)41)29(32(38)33(35)39)31(37)26-17-16-18-27(34)24-26/h16-22,24,30,37H,2-15,23H2,1H3. The van der Waals surface area contributed by atoms with Crippen LogP contribution in [-0.4, -0.2) is 33.2 Å². The molecule has 0 aromatic heterocycles. The molecule has 0 aliphatic carbocycles. The van der Waals surface area contributed by atoms with Gasteiger partial charge in [0.25, 0.3) is 17.4 Å². The largest absolute Gasteiger partial charge is 0.507 e. The van der Waals surface area contributed by atoms with Crippen LogP contribution in [0.15, 0.2) is 58.6 Å². The normalized spacial score (nSPS) is 16.4. The van der Waals surface area contributed by atoms with E-state index in [0.717, 1.165) is 30.2 Å². The van der Waals surface area contributed by atoms with Gasteiger partial charge in [-0.05, 0) is 36.2 Å². The molecule has 3 rings (SSSR count). The number of rotatable bonds is 18.